The van der Waals surface area contributed by atoms with E-state index in [9.17, 15) is 19.8 Å². The zero-order valence-corrected chi connectivity index (χ0v) is 15.4. The van der Waals surface area contributed by atoms with Gasteiger partial charge < -0.3 is 24.4 Å². The maximum Gasteiger partial charge on any atom is 0.336 e. The Labute approximate surface area is 162 Å². The van der Waals surface area contributed by atoms with Crippen molar-refractivity contribution in [2.75, 3.05) is 14.2 Å². The van der Waals surface area contributed by atoms with Crippen LogP contribution in [0.4, 0.5) is 0 Å². The molecule has 28 heavy (non-hydrogen) atoms. The number of carbonyl (C=O) groups excluding carboxylic acids is 2. The minimum Gasteiger partial charge on any atom is -0.504 e. The van der Waals surface area contributed by atoms with Crippen molar-refractivity contribution in [3.05, 3.63) is 59.7 Å². The standard InChI is InChI=1S/C21H20O7/c1-26-19-13-14(4-3-5-20(24)27-2)7-10-18(19)28-21(25)11-8-15-6-9-16(22)17(23)12-15/h3-4,6-13,22-23H,5H2,1-2H3/b4-3+,11-8+. The van der Waals surface area contributed by atoms with Crippen LogP contribution < -0.4 is 9.47 Å². The minimum atomic E-state index is -0.639. The van der Waals surface area contributed by atoms with E-state index in [1.165, 1.54) is 44.6 Å². The molecule has 7 nitrogen and oxygen atoms in total. The van der Waals surface area contributed by atoms with Crippen LogP contribution in [0.25, 0.3) is 12.2 Å². The first-order valence-corrected chi connectivity index (χ1v) is 8.26. The Kier molecular flexibility index (Phi) is 7.21. The molecule has 2 N–H and O–H groups in total. The van der Waals surface area contributed by atoms with E-state index in [0.29, 0.717) is 11.3 Å². The van der Waals surface area contributed by atoms with Crippen LogP contribution in [0.5, 0.6) is 23.0 Å². The van der Waals surface area contributed by atoms with E-state index in [4.69, 9.17) is 9.47 Å². The van der Waals surface area contributed by atoms with Gasteiger partial charge in [0, 0.05) is 6.08 Å². The summed E-state index contributed by atoms with van der Waals surface area (Å²) in [5.74, 6) is -0.930. The van der Waals surface area contributed by atoms with E-state index in [2.05, 4.69) is 4.74 Å². The maximum atomic E-state index is 12.0. The van der Waals surface area contributed by atoms with E-state index < -0.39 is 5.97 Å². The number of hydrogen-bond donors (Lipinski definition) is 2. The van der Waals surface area contributed by atoms with Gasteiger partial charge in [-0.2, -0.15) is 0 Å². The largest absolute Gasteiger partial charge is 0.504 e. The number of esters is 2. The molecular weight excluding hydrogens is 364 g/mol. The van der Waals surface area contributed by atoms with Crippen LogP contribution in [0, 0.1) is 0 Å². The molecule has 0 fully saturated rings. The zero-order chi connectivity index (χ0) is 20.5. The fourth-order valence-electron chi connectivity index (χ4n) is 2.20. The van der Waals surface area contributed by atoms with Crippen molar-refractivity contribution < 1.29 is 34.0 Å². The predicted molar refractivity (Wildman–Crippen MR) is 103 cm³/mol. The highest BCUT2D eigenvalue weighted by Crippen LogP contribution is 2.29. The van der Waals surface area contributed by atoms with Crippen LogP contribution in [0.1, 0.15) is 17.5 Å². The number of phenolic OH excluding ortho intramolecular Hbond substituents is 2. The molecule has 0 spiro atoms. The fraction of sp³-hybridized carbons (Fsp3) is 0.143. The van der Waals surface area contributed by atoms with Crippen molar-refractivity contribution in [2.24, 2.45) is 0 Å². The molecule has 0 aliphatic rings. The smallest absolute Gasteiger partial charge is 0.336 e. The Morgan fingerprint density at radius 3 is 2.32 bits per heavy atom. The first-order valence-electron chi connectivity index (χ1n) is 8.26. The number of hydrogen-bond acceptors (Lipinski definition) is 7. The van der Waals surface area contributed by atoms with Gasteiger partial charge in [-0.15, -0.1) is 0 Å². The summed E-state index contributed by atoms with van der Waals surface area (Å²) >= 11 is 0. The topological polar surface area (TPSA) is 102 Å². The summed E-state index contributed by atoms with van der Waals surface area (Å²) < 4.78 is 15.1. The van der Waals surface area contributed by atoms with Gasteiger partial charge in [-0.25, -0.2) is 4.79 Å². The molecular formula is C21H20O7. The summed E-state index contributed by atoms with van der Waals surface area (Å²) in [5.41, 5.74) is 1.28. The van der Waals surface area contributed by atoms with E-state index in [1.807, 2.05) is 0 Å². The van der Waals surface area contributed by atoms with Gasteiger partial charge in [0.25, 0.3) is 0 Å². The third kappa shape index (κ3) is 5.91. The lowest BCUT2D eigenvalue weighted by Crippen LogP contribution is -2.05. The van der Waals surface area contributed by atoms with Crippen molar-refractivity contribution in [2.45, 2.75) is 6.42 Å². The Bertz CT molecular complexity index is 913. The number of ether oxygens (including phenoxy) is 3. The van der Waals surface area contributed by atoms with Crippen LogP contribution in [0.3, 0.4) is 0 Å². The Morgan fingerprint density at radius 1 is 0.929 bits per heavy atom. The van der Waals surface area contributed by atoms with Crippen LogP contribution in [-0.4, -0.2) is 36.4 Å². The lowest BCUT2D eigenvalue weighted by Gasteiger charge is -2.08. The van der Waals surface area contributed by atoms with Gasteiger partial charge in [0.1, 0.15) is 0 Å². The quantitative estimate of drug-likeness (QED) is 0.327. The normalized spacial score (nSPS) is 10.9. The number of carbonyl (C=O) groups is 2. The SMILES string of the molecule is COC(=O)C/C=C/c1ccc(OC(=O)/C=C/c2ccc(O)c(O)c2)c(OC)c1. The molecule has 146 valence electrons. The third-order valence-corrected chi connectivity index (χ3v) is 3.63. The molecule has 2 aromatic rings. The molecule has 0 atom stereocenters. The first-order chi connectivity index (χ1) is 13.4. The van der Waals surface area contributed by atoms with Gasteiger partial charge in [-0.1, -0.05) is 24.3 Å². The van der Waals surface area contributed by atoms with Gasteiger partial charge in [0.15, 0.2) is 23.0 Å². The van der Waals surface area contributed by atoms with Crippen LogP contribution in [-0.2, 0) is 14.3 Å². The summed E-state index contributed by atoms with van der Waals surface area (Å²) in [6, 6.07) is 9.12. The number of methoxy groups -OCH3 is 2. The second kappa shape index (κ2) is 9.82. The Morgan fingerprint density at radius 2 is 1.64 bits per heavy atom. The summed E-state index contributed by atoms with van der Waals surface area (Å²) in [4.78, 5) is 23.1. The minimum absolute atomic E-state index is 0.146. The molecule has 7 heteroatoms. The molecule has 0 bridgehead atoms. The summed E-state index contributed by atoms with van der Waals surface area (Å²) in [6.45, 7) is 0. The second-order valence-electron chi connectivity index (χ2n) is 5.60. The number of rotatable bonds is 7. The van der Waals surface area contributed by atoms with Crippen molar-refractivity contribution in [1.29, 1.82) is 0 Å². The van der Waals surface area contributed by atoms with Gasteiger partial charge in [0.2, 0.25) is 0 Å². The molecule has 0 aromatic heterocycles. The van der Waals surface area contributed by atoms with Crippen molar-refractivity contribution in [3.63, 3.8) is 0 Å². The highest BCUT2D eigenvalue weighted by Gasteiger charge is 2.09. The maximum absolute atomic E-state index is 12.0. The summed E-state index contributed by atoms with van der Waals surface area (Å²) in [6.07, 6.45) is 6.16. The fourth-order valence-corrected chi connectivity index (χ4v) is 2.20. The molecule has 0 unspecified atom stereocenters. The van der Waals surface area contributed by atoms with Gasteiger partial charge in [-0.05, 0) is 41.5 Å². The monoisotopic (exact) mass is 384 g/mol. The van der Waals surface area contributed by atoms with E-state index in [-0.39, 0.29) is 29.6 Å². The van der Waals surface area contributed by atoms with Crippen molar-refractivity contribution >= 4 is 24.1 Å². The lowest BCUT2D eigenvalue weighted by molar-refractivity contribution is -0.139. The molecule has 0 saturated heterocycles. The van der Waals surface area contributed by atoms with Crippen LogP contribution >= 0.6 is 0 Å². The Hall–Kier alpha value is -3.74. The molecule has 0 saturated carbocycles. The second-order valence-corrected chi connectivity index (χ2v) is 5.60. The zero-order valence-electron chi connectivity index (χ0n) is 15.4. The van der Waals surface area contributed by atoms with Gasteiger partial charge in [0.05, 0.1) is 20.6 Å². The lowest BCUT2D eigenvalue weighted by atomic mass is 10.1. The molecule has 0 heterocycles. The summed E-state index contributed by atoms with van der Waals surface area (Å²) in [7, 11) is 2.77. The molecule has 0 radical (unpaired) electrons. The average molecular weight is 384 g/mol. The van der Waals surface area contributed by atoms with E-state index in [0.717, 1.165) is 5.56 Å². The third-order valence-electron chi connectivity index (χ3n) is 3.63. The van der Waals surface area contributed by atoms with Gasteiger partial charge in [-0.3, -0.25) is 4.79 Å². The van der Waals surface area contributed by atoms with E-state index >= 15 is 0 Å². The van der Waals surface area contributed by atoms with Crippen LogP contribution in [0.2, 0.25) is 0 Å². The highest BCUT2D eigenvalue weighted by molar-refractivity contribution is 5.89. The summed E-state index contributed by atoms with van der Waals surface area (Å²) in [5, 5.41) is 18.7. The van der Waals surface area contributed by atoms with Crippen LogP contribution in [0.15, 0.2) is 48.6 Å². The van der Waals surface area contributed by atoms with Crippen molar-refractivity contribution in [1.82, 2.24) is 0 Å². The molecule has 0 aliphatic carbocycles. The predicted octanol–water partition coefficient (Wildman–Crippen LogP) is 3.30. The molecule has 2 aromatic carbocycles. The number of aromatic hydroxyl groups is 2. The van der Waals surface area contributed by atoms with Crippen molar-refractivity contribution in [3.8, 4) is 23.0 Å². The first kappa shape index (κ1) is 20.6. The number of benzene rings is 2. The highest BCUT2D eigenvalue weighted by atomic mass is 16.6. The van der Waals surface area contributed by atoms with Gasteiger partial charge >= 0.3 is 11.9 Å². The molecule has 0 amide bonds. The number of phenols is 2. The average Bonchev–Trinajstić information content (AvgIpc) is 2.69. The van der Waals surface area contributed by atoms with E-state index in [1.54, 1.807) is 30.4 Å². The molecule has 2 rings (SSSR count). The Balaban J connectivity index is 2.05. The molecule has 0 aliphatic heterocycles.